The third-order valence-corrected chi connectivity index (χ3v) is 3.75. The van der Waals surface area contributed by atoms with Crippen LogP contribution in [0.1, 0.15) is 17.2 Å². The molecule has 6 nitrogen and oxygen atoms in total. The summed E-state index contributed by atoms with van der Waals surface area (Å²) in [6.07, 6.45) is 2.59. The molecular weight excluding hydrogens is 282 g/mol. The molecule has 0 saturated carbocycles. The molecule has 1 fully saturated rings. The maximum absolute atomic E-state index is 12.2. The Labute approximate surface area is 128 Å². The van der Waals surface area contributed by atoms with Crippen LogP contribution in [0.25, 0.3) is 0 Å². The van der Waals surface area contributed by atoms with E-state index in [0.29, 0.717) is 31.9 Å². The van der Waals surface area contributed by atoms with Gasteiger partial charge in [-0.1, -0.05) is 30.3 Å². The third-order valence-electron chi connectivity index (χ3n) is 3.75. The SMILES string of the molecule is O=C(Cn1cc(C(O)c2ccccc2)cn1)N1CCOCC1. The fraction of sp³-hybridized carbons (Fsp3) is 0.375. The Bertz CT molecular complexity index is 621. The van der Waals surface area contributed by atoms with Crippen LogP contribution in [0.15, 0.2) is 42.7 Å². The van der Waals surface area contributed by atoms with Crippen molar-refractivity contribution in [2.45, 2.75) is 12.6 Å². The number of morpholine rings is 1. The molecule has 1 aliphatic heterocycles. The van der Waals surface area contributed by atoms with Gasteiger partial charge >= 0.3 is 0 Å². The molecule has 22 heavy (non-hydrogen) atoms. The number of carbonyl (C=O) groups is 1. The lowest BCUT2D eigenvalue weighted by atomic mass is 10.1. The van der Waals surface area contributed by atoms with Crippen molar-refractivity contribution >= 4 is 5.91 Å². The number of nitrogens with zero attached hydrogens (tertiary/aromatic N) is 3. The van der Waals surface area contributed by atoms with E-state index >= 15 is 0 Å². The first-order valence-electron chi connectivity index (χ1n) is 7.35. The van der Waals surface area contributed by atoms with Crippen LogP contribution >= 0.6 is 0 Å². The number of amides is 1. The minimum atomic E-state index is -0.728. The van der Waals surface area contributed by atoms with Crippen molar-refractivity contribution < 1.29 is 14.6 Å². The van der Waals surface area contributed by atoms with Crippen LogP contribution in [0.4, 0.5) is 0 Å². The summed E-state index contributed by atoms with van der Waals surface area (Å²) in [5, 5.41) is 14.5. The minimum Gasteiger partial charge on any atom is -0.384 e. The first-order chi connectivity index (χ1) is 10.7. The Morgan fingerprint density at radius 2 is 1.95 bits per heavy atom. The Morgan fingerprint density at radius 3 is 2.68 bits per heavy atom. The highest BCUT2D eigenvalue weighted by Gasteiger charge is 2.18. The molecule has 1 aliphatic rings. The van der Waals surface area contributed by atoms with E-state index in [1.807, 2.05) is 30.3 Å². The lowest BCUT2D eigenvalue weighted by Gasteiger charge is -2.26. The molecule has 1 amide bonds. The van der Waals surface area contributed by atoms with Crippen molar-refractivity contribution in [2.75, 3.05) is 26.3 Å². The van der Waals surface area contributed by atoms with Crippen molar-refractivity contribution in [1.82, 2.24) is 14.7 Å². The van der Waals surface area contributed by atoms with Crippen LogP contribution < -0.4 is 0 Å². The Hall–Kier alpha value is -2.18. The molecule has 1 aromatic heterocycles. The van der Waals surface area contributed by atoms with E-state index in [9.17, 15) is 9.90 Å². The first-order valence-corrected chi connectivity index (χ1v) is 7.35. The lowest BCUT2D eigenvalue weighted by Crippen LogP contribution is -2.42. The topological polar surface area (TPSA) is 67.6 Å². The zero-order chi connectivity index (χ0) is 15.4. The molecule has 1 unspecified atom stereocenters. The predicted molar refractivity (Wildman–Crippen MR) is 80.1 cm³/mol. The summed E-state index contributed by atoms with van der Waals surface area (Å²) in [7, 11) is 0. The van der Waals surface area contributed by atoms with Gasteiger partial charge in [0.25, 0.3) is 0 Å². The van der Waals surface area contributed by atoms with Gasteiger partial charge in [-0.15, -0.1) is 0 Å². The molecule has 0 spiro atoms. The van der Waals surface area contributed by atoms with Gasteiger partial charge < -0.3 is 14.7 Å². The predicted octanol–water partition coefficient (Wildman–Crippen LogP) is 0.824. The average Bonchev–Trinajstić information content (AvgIpc) is 3.04. The molecule has 1 aromatic carbocycles. The summed E-state index contributed by atoms with van der Waals surface area (Å²) in [6.45, 7) is 2.60. The summed E-state index contributed by atoms with van der Waals surface area (Å²) in [5.74, 6) is 0.0205. The highest BCUT2D eigenvalue weighted by atomic mass is 16.5. The standard InChI is InChI=1S/C16H19N3O3/c20-15(18-6-8-22-9-7-18)12-19-11-14(10-17-19)16(21)13-4-2-1-3-5-13/h1-5,10-11,16,21H,6-9,12H2. The van der Waals surface area contributed by atoms with Gasteiger partial charge in [0.1, 0.15) is 12.6 Å². The van der Waals surface area contributed by atoms with Gasteiger partial charge in [-0.05, 0) is 5.56 Å². The molecule has 2 aromatic rings. The molecule has 0 bridgehead atoms. The fourth-order valence-corrected chi connectivity index (χ4v) is 2.49. The summed E-state index contributed by atoms with van der Waals surface area (Å²) >= 11 is 0. The van der Waals surface area contributed by atoms with E-state index in [4.69, 9.17) is 4.74 Å². The zero-order valence-corrected chi connectivity index (χ0v) is 12.3. The van der Waals surface area contributed by atoms with Gasteiger partial charge in [0.15, 0.2) is 0 Å². The van der Waals surface area contributed by atoms with Crippen molar-refractivity contribution in [3.05, 3.63) is 53.9 Å². The second-order valence-electron chi connectivity index (χ2n) is 5.28. The summed E-state index contributed by atoms with van der Waals surface area (Å²) < 4.78 is 6.80. The molecule has 1 N–H and O–H groups in total. The fourth-order valence-electron chi connectivity index (χ4n) is 2.49. The van der Waals surface area contributed by atoms with Crippen LogP contribution in [-0.4, -0.2) is 52.0 Å². The monoisotopic (exact) mass is 301 g/mol. The summed E-state index contributed by atoms with van der Waals surface area (Å²) in [5.41, 5.74) is 1.49. The Morgan fingerprint density at radius 1 is 1.23 bits per heavy atom. The van der Waals surface area contributed by atoms with Crippen LogP contribution in [0.5, 0.6) is 0 Å². The van der Waals surface area contributed by atoms with Gasteiger partial charge in [-0.3, -0.25) is 9.48 Å². The molecule has 1 atom stereocenters. The number of rotatable bonds is 4. The van der Waals surface area contributed by atoms with Crippen LogP contribution in [0.3, 0.4) is 0 Å². The van der Waals surface area contributed by atoms with Gasteiger partial charge in [-0.2, -0.15) is 5.10 Å². The number of aliphatic hydroxyl groups excluding tert-OH is 1. The maximum atomic E-state index is 12.2. The highest BCUT2D eigenvalue weighted by molar-refractivity contribution is 5.76. The highest BCUT2D eigenvalue weighted by Crippen LogP contribution is 2.20. The van der Waals surface area contributed by atoms with Gasteiger partial charge in [0.05, 0.1) is 19.4 Å². The number of hydrogen-bond acceptors (Lipinski definition) is 4. The summed E-state index contributed by atoms with van der Waals surface area (Å²) in [4.78, 5) is 13.9. The van der Waals surface area contributed by atoms with Crippen molar-refractivity contribution in [3.63, 3.8) is 0 Å². The van der Waals surface area contributed by atoms with E-state index in [1.54, 1.807) is 22.0 Å². The largest absolute Gasteiger partial charge is 0.384 e. The van der Waals surface area contributed by atoms with Crippen molar-refractivity contribution in [1.29, 1.82) is 0 Å². The number of benzene rings is 1. The van der Waals surface area contributed by atoms with Gasteiger partial charge in [0, 0.05) is 24.8 Å². The molecule has 116 valence electrons. The third kappa shape index (κ3) is 3.35. The molecular formula is C16H19N3O3. The molecule has 1 saturated heterocycles. The number of hydrogen-bond donors (Lipinski definition) is 1. The molecule has 6 heteroatoms. The second kappa shape index (κ2) is 6.72. The Kier molecular flexibility index (Phi) is 4.50. The van der Waals surface area contributed by atoms with Crippen LogP contribution in [-0.2, 0) is 16.1 Å². The normalized spacial score (nSPS) is 16.5. The first kappa shape index (κ1) is 14.7. The van der Waals surface area contributed by atoms with Crippen LogP contribution in [0.2, 0.25) is 0 Å². The average molecular weight is 301 g/mol. The minimum absolute atomic E-state index is 0.0205. The zero-order valence-electron chi connectivity index (χ0n) is 12.3. The number of carbonyl (C=O) groups excluding carboxylic acids is 1. The quantitative estimate of drug-likeness (QED) is 0.908. The van der Waals surface area contributed by atoms with E-state index in [1.165, 1.54) is 0 Å². The molecule has 2 heterocycles. The van der Waals surface area contributed by atoms with E-state index < -0.39 is 6.10 Å². The number of aromatic nitrogens is 2. The maximum Gasteiger partial charge on any atom is 0.244 e. The van der Waals surface area contributed by atoms with Gasteiger partial charge in [-0.25, -0.2) is 0 Å². The molecule has 0 aliphatic carbocycles. The smallest absolute Gasteiger partial charge is 0.244 e. The van der Waals surface area contributed by atoms with E-state index in [-0.39, 0.29) is 12.5 Å². The number of aliphatic hydroxyl groups is 1. The van der Waals surface area contributed by atoms with Gasteiger partial charge in [0.2, 0.25) is 5.91 Å². The second-order valence-corrected chi connectivity index (χ2v) is 5.28. The van der Waals surface area contributed by atoms with Crippen LogP contribution in [0, 0.1) is 0 Å². The van der Waals surface area contributed by atoms with Crippen molar-refractivity contribution in [2.24, 2.45) is 0 Å². The number of ether oxygens (including phenoxy) is 1. The summed E-state index contributed by atoms with van der Waals surface area (Å²) in [6, 6.07) is 9.39. The Balaban J connectivity index is 1.64. The van der Waals surface area contributed by atoms with E-state index in [2.05, 4.69) is 5.10 Å². The lowest BCUT2D eigenvalue weighted by molar-refractivity contribution is -0.136. The molecule has 3 rings (SSSR count). The van der Waals surface area contributed by atoms with Crippen molar-refractivity contribution in [3.8, 4) is 0 Å². The molecule has 0 radical (unpaired) electrons. The van der Waals surface area contributed by atoms with E-state index in [0.717, 1.165) is 5.56 Å².